The number of rotatable bonds is 3. The van der Waals surface area contributed by atoms with Crippen molar-refractivity contribution in [3.8, 4) is 0 Å². The number of amides is 2. The van der Waals surface area contributed by atoms with E-state index in [1.54, 1.807) is 4.90 Å². The number of hydrogen-bond donors (Lipinski definition) is 0. The van der Waals surface area contributed by atoms with Gasteiger partial charge in [-0.15, -0.1) is 0 Å². The zero-order valence-electron chi connectivity index (χ0n) is 14.2. The van der Waals surface area contributed by atoms with Crippen molar-refractivity contribution in [2.75, 3.05) is 26.2 Å². The molecule has 27 heavy (non-hydrogen) atoms. The molecular formula is C19H16F4N2O2. The van der Waals surface area contributed by atoms with E-state index < -0.39 is 28.9 Å². The van der Waals surface area contributed by atoms with Gasteiger partial charge in [0.25, 0.3) is 5.91 Å². The molecule has 8 heteroatoms. The maximum absolute atomic E-state index is 13.8. The fourth-order valence-corrected chi connectivity index (χ4v) is 2.91. The normalized spacial score (nSPS) is 14.4. The van der Waals surface area contributed by atoms with Gasteiger partial charge in [-0.3, -0.25) is 9.59 Å². The Morgan fingerprint density at radius 1 is 0.778 bits per heavy atom. The summed E-state index contributed by atoms with van der Waals surface area (Å²) in [4.78, 5) is 27.5. The second-order valence-electron chi connectivity index (χ2n) is 6.20. The van der Waals surface area contributed by atoms with Gasteiger partial charge < -0.3 is 9.80 Å². The van der Waals surface area contributed by atoms with Gasteiger partial charge in [-0.05, 0) is 29.8 Å². The Bertz CT molecular complexity index is 863. The molecule has 2 amide bonds. The standard InChI is InChI=1S/C19H16F4N2O2/c20-13-3-1-12(2-4-13)11-16(26)24-7-9-25(10-8-24)19(27)14-5-6-15(21)18(23)17(14)22/h1-6H,7-11H2. The van der Waals surface area contributed by atoms with Crippen molar-refractivity contribution in [1.82, 2.24) is 9.80 Å². The number of halogens is 4. The highest BCUT2D eigenvalue weighted by Crippen LogP contribution is 2.18. The third-order valence-electron chi connectivity index (χ3n) is 4.45. The summed E-state index contributed by atoms with van der Waals surface area (Å²) in [5.74, 6) is -5.88. The second-order valence-corrected chi connectivity index (χ2v) is 6.20. The van der Waals surface area contributed by atoms with E-state index in [4.69, 9.17) is 0 Å². The Hall–Kier alpha value is -2.90. The summed E-state index contributed by atoms with van der Waals surface area (Å²) in [6.45, 7) is 0.757. The number of carbonyl (C=O) groups is 2. The predicted molar refractivity (Wildman–Crippen MR) is 88.9 cm³/mol. The average molecular weight is 380 g/mol. The van der Waals surface area contributed by atoms with Crippen molar-refractivity contribution in [2.45, 2.75) is 6.42 Å². The SMILES string of the molecule is O=C(Cc1ccc(F)cc1)N1CCN(C(=O)c2ccc(F)c(F)c2F)CC1. The molecule has 0 aromatic heterocycles. The molecule has 0 saturated carbocycles. The lowest BCUT2D eigenvalue weighted by atomic mass is 10.1. The summed E-state index contributed by atoms with van der Waals surface area (Å²) >= 11 is 0. The molecule has 1 saturated heterocycles. The van der Waals surface area contributed by atoms with E-state index in [1.165, 1.54) is 29.2 Å². The van der Waals surface area contributed by atoms with Crippen LogP contribution in [0.2, 0.25) is 0 Å². The summed E-state index contributed by atoms with van der Waals surface area (Å²) in [5.41, 5.74) is 0.128. The van der Waals surface area contributed by atoms with E-state index in [0.29, 0.717) is 11.6 Å². The van der Waals surface area contributed by atoms with Crippen LogP contribution in [-0.2, 0) is 11.2 Å². The molecule has 3 rings (SSSR count). The number of piperazine rings is 1. The molecule has 0 aliphatic carbocycles. The first-order valence-electron chi connectivity index (χ1n) is 8.32. The quantitative estimate of drug-likeness (QED) is 0.607. The number of carbonyl (C=O) groups excluding carboxylic acids is 2. The molecule has 0 bridgehead atoms. The van der Waals surface area contributed by atoms with Gasteiger partial charge in [0, 0.05) is 26.2 Å². The summed E-state index contributed by atoms with van der Waals surface area (Å²) in [6, 6.07) is 7.21. The Morgan fingerprint density at radius 3 is 2.00 bits per heavy atom. The molecule has 2 aromatic rings. The number of benzene rings is 2. The highest BCUT2D eigenvalue weighted by Gasteiger charge is 2.28. The van der Waals surface area contributed by atoms with E-state index in [1.807, 2.05) is 0 Å². The summed E-state index contributed by atoms with van der Waals surface area (Å²) < 4.78 is 53.0. The average Bonchev–Trinajstić information content (AvgIpc) is 2.67. The maximum atomic E-state index is 13.8. The monoisotopic (exact) mass is 380 g/mol. The smallest absolute Gasteiger partial charge is 0.257 e. The van der Waals surface area contributed by atoms with Crippen molar-refractivity contribution in [2.24, 2.45) is 0 Å². The molecule has 0 atom stereocenters. The topological polar surface area (TPSA) is 40.6 Å². The molecule has 0 unspecified atom stereocenters. The molecule has 142 valence electrons. The largest absolute Gasteiger partial charge is 0.339 e. The van der Waals surface area contributed by atoms with Crippen LogP contribution in [-0.4, -0.2) is 47.8 Å². The van der Waals surface area contributed by atoms with Crippen LogP contribution in [0.3, 0.4) is 0 Å². The lowest BCUT2D eigenvalue weighted by molar-refractivity contribution is -0.131. The van der Waals surface area contributed by atoms with Gasteiger partial charge in [0.05, 0.1) is 12.0 Å². The van der Waals surface area contributed by atoms with E-state index in [2.05, 4.69) is 0 Å². The van der Waals surface area contributed by atoms with Gasteiger partial charge in [0.1, 0.15) is 5.82 Å². The van der Waals surface area contributed by atoms with Crippen LogP contribution >= 0.6 is 0 Å². The van der Waals surface area contributed by atoms with E-state index in [-0.39, 0.29) is 44.3 Å². The zero-order chi connectivity index (χ0) is 19.6. The third kappa shape index (κ3) is 4.10. The molecule has 1 heterocycles. The van der Waals surface area contributed by atoms with Gasteiger partial charge in [-0.2, -0.15) is 0 Å². The number of nitrogens with zero attached hydrogens (tertiary/aromatic N) is 2. The first-order chi connectivity index (χ1) is 12.9. The molecular weight excluding hydrogens is 364 g/mol. The van der Waals surface area contributed by atoms with Crippen molar-refractivity contribution >= 4 is 11.8 Å². The molecule has 1 aliphatic rings. The Kier molecular flexibility index (Phi) is 5.43. The minimum Gasteiger partial charge on any atom is -0.339 e. The van der Waals surface area contributed by atoms with Crippen LogP contribution in [0, 0.1) is 23.3 Å². The summed E-state index contributed by atoms with van der Waals surface area (Å²) in [7, 11) is 0. The summed E-state index contributed by atoms with van der Waals surface area (Å²) in [5, 5.41) is 0. The van der Waals surface area contributed by atoms with Gasteiger partial charge in [-0.1, -0.05) is 12.1 Å². The van der Waals surface area contributed by atoms with E-state index >= 15 is 0 Å². The lowest BCUT2D eigenvalue weighted by Gasteiger charge is -2.35. The molecule has 2 aromatic carbocycles. The van der Waals surface area contributed by atoms with E-state index in [0.717, 1.165) is 6.07 Å². The molecule has 0 N–H and O–H groups in total. The molecule has 0 spiro atoms. The van der Waals surface area contributed by atoms with Crippen LogP contribution < -0.4 is 0 Å². The third-order valence-corrected chi connectivity index (χ3v) is 4.45. The van der Waals surface area contributed by atoms with Crippen molar-refractivity contribution in [1.29, 1.82) is 0 Å². The predicted octanol–water partition coefficient (Wildman–Crippen LogP) is 2.77. The molecule has 1 fully saturated rings. The second kappa shape index (κ2) is 7.77. The summed E-state index contributed by atoms with van der Waals surface area (Å²) in [6.07, 6.45) is 0.103. The van der Waals surface area contributed by atoms with Gasteiger partial charge >= 0.3 is 0 Å². The fourth-order valence-electron chi connectivity index (χ4n) is 2.91. The molecule has 0 radical (unpaired) electrons. The Labute approximate surface area is 153 Å². The van der Waals surface area contributed by atoms with Crippen LogP contribution in [0.1, 0.15) is 15.9 Å². The van der Waals surface area contributed by atoms with Gasteiger partial charge in [0.2, 0.25) is 5.91 Å². The minimum atomic E-state index is -1.69. The molecule has 4 nitrogen and oxygen atoms in total. The van der Waals surface area contributed by atoms with Crippen LogP contribution in [0.5, 0.6) is 0 Å². The number of hydrogen-bond acceptors (Lipinski definition) is 2. The van der Waals surface area contributed by atoms with Crippen LogP contribution in [0.15, 0.2) is 36.4 Å². The van der Waals surface area contributed by atoms with Crippen molar-refractivity contribution in [3.05, 3.63) is 70.8 Å². The first-order valence-corrected chi connectivity index (χ1v) is 8.32. The maximum Gasteiger partial charge on any atom is 0.257 e. The van der Waals surface area contributed by atoms with Crippen LogP contribution in [0.25, 0.3) is 0 Å². The van der Waals surface area contributed by atoms with Crippen molar-refractivity contribution in [3.63, 3.8) is 0 Å². The van der Waals surface area contributed by atoms with Gasteiger partial charge in [0.15, 0.2) is 17.5 Å². The molecule has 1 aliphatic heterocycles. The first kappa shape index (κ1) is 18.9. The Balaban J connectivity index is 1.60. The Morgan fingerprint density at radius 2 is 1.37 bits per heavy atom. The zero-order valence-corrected chi connectivity index (χ0v) is 14.2. The van der Waals surface area contributed by atoms with E-state index in [9.17, 15) is 27.2 Å². The highest BCUT2D eigenvalue weighted by molar-refractivity contribution is 5.94. The highest BCUT2D eigenvalue weighted by atomic mass is 19.2. The fraction of sp³-hybridized carbons (Fsp3) is 0.263. The van der Waals surface area contributed by atoms with Crippen LogP contribution in [0.4, 0.5) is 17.6 Å². The minimum absolute atomic E-state index is 0.103. The van der Waals surface area contributed by atoms with Gasteiger partial charge in [-0.25, -0.2) is 17.6 Å². The van der Waals surface area contributed by atoms with Crippen molar-refractivity contribution < 1.29 is 27.2 Å². The lowest BCUT2D eigenvalue weighted by Crippen LogP contribution is -2.51.